The molecule has 1 fully saturated rings. The minimum Gasteiger partial charge on any atom is -0.353 e. The highest BCUT2D eigenvalue weighted by molar-refractivity contribution is 4.54. The fraction of sp³-hybridized carbons (Fsp3) is 1.00. The van der Waals surface area contributed by atoms with E-state index in [1.54, 1.807) is 0 Å². The third-order valence-electron chi connectivity index (χ3n) is 1.01. The second kappa shape index (κ2) is 3.33. The van der Waals surface area contributed by atoms with Crippen LogP contribution in [0, 0.1) is 10.1 Å². The summed E-state index contributed by atoms with van der Waals surface area (Å²) in [4.78, 5) is 13.9. The largest absolute Gasteiger partial charge is 0.353 e. The van der Waals surface area contributed by atoms with Crippen molar-refractivity contribution in [2.24, 2.45) is 0 Å². The molecule has 1 rings (SSSR count). The molecule has 6 heteroatoms. The predicted octanol–water partition coefficient (Wildman–Crippen LogP) is -0.432. The van der Waals surface area contributed by atoms with Crippen molar-refractivity contribution in [3.8, 4) is 0 Å². The van der Waals surface area contributed by atoms with E-state index in [-0.39, 0.29) is 20.0 Å². The second-order valence-electron chi connectivity index (χ2n) is 1.81. The van der Waals surface area contributed by atoms with E-state index in [2.05, 4.69) is 4.84 Å². The van der Waals surface area contributed by atoms with Crippen LogP contribution in [-0.2, 0) is 14.3 Å². The SMILES string of the molecule is O=[N+]([O-])OC1COCOC1. The molecule has 0 aromatic carbocycles. The number of rotatable bonds is 2. The molecule has 1 heterocycles. The van der Waals surface area contributed by atoms with Gasteiger partial charge in [-0.2, -0.15) is 0 Å². The first-order valence-corrected chi connectivity index (χ1v) is 2.75. The summed E-state index contributed by atoms with van der Waals surface area (Å²) < 4.78 is 9.46. The van der Waals surface area contributed by atoms with E-state index >= 15 is 0 Å². The average Bonchev–Trinajstić information content (AvgIpc) is 1.88. The van der Waals surface area contributed by atoms with Gasteiger partial charge in [0.15, 0.2) is 6.10 Å². The van der Waals surface area contributed by atoms with E-state index in [0.29, 0.717) is 0 Å². The molecule has 1 saturated heterocycles. The molecule has 0 radical (unpaired) electrons. The lowest BCUT2D eigenvalue weighted by Crippen LogP contribution is -2.33. The zero-order valence-corrected chi connectivity index (χ0v) is 5.19. The van der Waals surface area contributed by atoms with Crippen molar-refractivity contribution in [3.63, 3.8) is 0 Å². The minimum atomic E-state index is -0.845. The van der Waals surface area contributed by atoms with E-state index in [0.717, 1.165) is 0 Å². The summed E-state index contributed by atoms with van der Waals surface area (Å²) in [7, 11) is 0. The van der Waals surface area contributed by atoms with Crippen LogP contribution in [0.5, 0.6) is 0 Å². The van der Waals surface area contributed by atoms with E-state index in [9.17, 15) is 10.1 Å². The first-order chi connectivity index (χ1) is 4.79. The first kappa shape index (κ1) is 7.23. The molecule has 0 spiro atoms. The van der Waals surface area contributed by atoms with Gasteiger partial charge in [-0.25, -0.2) is 0 Å². The fourth-order valence-electron chi connectivity index (χ4n) is 0.649. The molecule has 0 aliphatic carbocycles. The van der Waals surface area contributed by atoms with Crippen molar-refractivity contribution in [2.75, 3.05) is 20.0 Å². The molecular formula is C4H7NO5. The monoisotopic (exact) mass is 149 g/mol. The molecule has 10 heavy (non-hydrogen) atoms. The summed E-state index contributed by atoms with van der Waals surface area (Å²) in [5, 5.41) is 8.90. The zero-order valence-electron chi connectivity index (χ0n) is 5.19. The van der Waals surface area contributed by atoms with Gasteiger partial charge in [0.05, 0.1) is 13.2 Å². The van der Waals surface area contributed by atoms with Crippen molar-refractivity contribution >= 4 is 0 Å². The Labute approximate surface area is 56.8 Å². The summed E-state index contributed by atoms with van der Waals surface area (Å²) in [5.74, 6) is 0. The van der Waals surface area contributed by atoms with E-state index in [4.69, 9.17) is 9.47 Å². The summed E-state index contributed by atoms with van der Waals surface area (Å²) >= 11 is 0. The summed E-state index contributed by atoms with van der Waals surface area (Å²) in [5.41, 5.74) is 0. The fourth-order valence-corrected chi connectivity index (χ4v) is 0.649. The summed E-state index contributed by atoms with van der Waals surface area (Å²) in [6.07, 6.45) is -0.566. The van der Waals surface area contributed by atoms with E-state index in [1.165, 1.54) is 0 Å². The van der Waals surface area contributed by atoms with Crippen LogP contribution in [0.15, 0.2) is 0 Å². The summed E-state index contributed by atoms with van der Waals surface area (Å²) in [6, 6.07) is 0. The molecule has 1 aliphatic heterocycles. The quantitative estimate of drug-likeness (QED) is 0.393. The lowest BCUT2D eigenvalue weighted by atomic mass is 10.4. The van der Waals surface area contributed by atoms with Gasteiger partial charge < -0.3 is 14.3 Å². The van der Waals surface area contributed by atoms with Gasteiger partial charge in [-0.15, -0.1) is 10.1 Å². The molecule has 0 bridgehead atoms. The Kier molecular flexibility index (Phi) is 2.41. The van der Waals surface area contributed by atoms with Crippen molar-refractivity contribution < 1.29 is 19.4 Å². The maximum atomic E-state index is 9.74. The second-order valence-corrected chi connectivity index (χ2v) is 1.81. The van der Waals surface area contributed by atoms with Crippen molar-refractivity contribution in [2.45, 2.75) is 6.10 Å². The Morgan fingerprint density at radius 1 is 1.50 bits per heavy atom. The molecule has 6 nitrogen and oxygen atoms in total. The van der Waals surface area contributed by atoms with Gasteiger partial charge in [0.2, 0.25) is 0 Å². The lowest BCUT2D eigenvalue weighted by molar-refractivity contribution is -0.770. The number of hydrogen-bond acceptors (Lipinski definition) is 5. The maximum Gasteiger partial charge on any atom is 0.294 e. The Morgan fingerprint density at radius 2 is 2.10 bits per heavy atom. The Morgan fingerprint density at radius 3 is 2.60 bits per heavy atom. The van der Waals surface area contributed by atoms with Gasteiger partial charge >= 0.3 is 0 Å². The lowest BCUT2D eigenvalue weighted by Gasteiger charge is -2.19. The van der Waals surface area contributed by atoms with Crippen LogP contribution in [0.1, 0.15) is 0 Å². The highest BCUT2D eigenvalue weighted by Gasteiger charge is 2.17. The van der Waals surface area contributed by atoms with Crippen LogP contribution in [0.25, 0.3) is 0 Å². The third kappa shape index (κ3) is 2.16. The maximum absolute atomic E-state index is 9.74. The van der Waals surface area contributed by atoms with Crippen molar-refractivity contribution in [1.29, 1.82) is 0 Å². The van der Waals surface area contributed by atoms with E-state index < -0.39 is 11.2 Å². The number of hydrogen-bond donors (Lipinski definition) is 0. The molecule has 0 N–H and O–H groups in total. The average molecular weight is 149 g/mol. The Hall–Kier alpha value is -0.880. The van der Waals surface area contributed by atoms with Gasteiger partial charge in [0.1, 0.15) is 6.79 Å². The van der Waals surface area contributed by atoms with Gasteiger partial charge in [-0.3, -0.25) is 0 Å². The van der Waals surface area contributed by atoms with Crippen LogP contribution < -0.4 is 0 Å². The standard InChI is InChI=1S/C4H7NO5/c6-5(7)10-4-1-8-3-9-2-4/h4H,1-3H2. The summed E-state index contributed by atoms with van der Waals surface area (Å²) in [6.45, 7) is 0.638. The molecule has 0 amide bonds. The zero-order chi connectivity index (χ0) is 7.40. The van der Waals surface area contributed by atoms with Crippen LogP contribution in [0.2, 0.25) is 0 Å². The predicted molar refractivity (Wildman–Crippen MR) is 28.6 cm³/mol. The van der Waals surface area contributed by atoms with Crippen LogP contribution in [0.4, 0.5) is 0 Å². The van der Waals surface area contributed by atoms with Gasteiger partial charge in [0.25, 0.3) is 5.09 Å². The van der Waals surface area contributed by atoms with Crippen molar-refractivity contribution in [1.82, 2.24) is 0 Å². The molecule has 0 unspecified atom stereocenters. The van der Waals surface area contributed by atoms with Gasteiger partial charge in [0, 0.05) is 0 Å². The molecule has 1 aliphatic rings. The first-order valence-electron chi connectivity index (χ1n) is 2.75. The molecule has 0 atom stereocenters. The molecule has 58 valence electrons. The third-order valence-corrected chi connectivity index (χ3v) is 1.01. The van der Waals surface area contributed by atoms with Crippen LogP contribution in [0.3, 0.4) is 0 Å². The Balaban J connectivity index is 2.19. The highest BCUT2D eigenvalue weighted by Crippen LogP contribution is 2.00. The number of ether oxygens (including phenoxy) is 2. The van der Waals surface area contributed by atoms with Crippen LogP contribution in [-0.4, -0.2) is 31.2 Å². The molecular weight excluding hydrogens is 142 g/mol. The normalized spacial score (nSPS) is 20.4. The smallest absolute Gasteiger partial charge is 0.294 e. The van der Waals surface area contributed by atoms with E-state index in [1.807, 2.05) is 0 Å². The molecule has 0 saturated carbocycles. The topological polar surface area (TPSA) is 70.8 Å². The van der Waals surface area contributed by atoms with Gasteiger partial charge in [-0.05, 0) is 0 Å². The Bertz CT molecular complexity index is 121. The highest BCUT2D eigenvalue weighted by atomic mass is 17.0. The molecule has 0 aromatic rings. The van der Waals surface area contributed by atoms with Crippen LogP contribution >= 0.6 is 0 Å². The molecule has 0 aromatic heterocycles. The van der Waals surface area contributed by atoms with Gasteiger partial charge in [-0.1, -0.05) is 0 Å². The van der Waals surface area contributed by atoms with Crippen molar-refractivity contribution in [3.05, 3.63) is 10.1 Å². The number of nitrogens with zero attached hydrogens (tertiary/aromatic N) is 1. The minimum absolute atomic E-state index is 0.192.